The first-order valence-electron chi connectivity index (χ1n) is 19.2. The zero-order chi connectivity index (χ0) is 32.6. The van der Waals surface area contributed by atoms with Gasteiger partial charge in [0.25, 0.3) is 0 Å². The van der Waals surface area contributed by atoms with E-state index in [1.807, 2.05) is 0 Å². The van der Waals surface area contributed by atoms with Gasteiger partial charge in [-0.1, -0.05) is 75.4 Å². The fourth-order valence-corrected chi connectivity index (χ4v) is 10.2. The van der Waals surface area contributed by atoms with Crippen molar-refractivity contribution in [2.45, 2.75) is 115 Å². The van der Waals surface area contributed by atoms with Crippen molar-refractivity contribution in [1.82, 2.24) is 0 Å². The van der Waals surface area contributed by atoms with E-state index in [4.69, 9.17) is 0 Å². The molecule has 2 spiro atoms. The minimum atomic E-state index is 0.138. The standard InChI is InChI=1S/C44H52N4/c1-3-30-48-40-21-11-9-19-36(40)44(26-14-15-27-44)42(48)23-29-46-38-32-34-17-7-6-16-33(34)31-37(38)45-28-22-41-43(24-12-5-13-25-43)35-18-8-10-20-39(35)47(41)4-2/h8-11,18-23,28-29,31-32H,3-7,12-17,24-27,30H2,1-2H3/p+2. The van der Waals surface area contributed by atoms with E-state index in [2.05, 4.69) is 119 Å². The van der Waals surface area contributed by atoms with Crippen LogP contribution in [0.25, 0.3) is 0 Å². The summed E-state index contributed by atoms with van der Waals surface area (Å²) in [5, 5.41) is 7.63. The Hall–Kier alpha value is -3.92. The maximum atomic E-state index is 3.81. The molecule has 0 amide bonds. The Balaban J connectivity index is 1.11. The van der Waals surface area contributed by atoms with Gasteiger partial charge in [0.05, 0.1) is 22.2 Å². The number of para-hydroxylation sites is 2. The molecule has 4 nitrogen and oxygen atoms in total. The van der Waals surface area contributed by atoms with E-state index in [1.54, 1.807) is 5.56 Å². The molecule has 248 valence electrons. The number of rotatable bonds is 9. The number of hydrogen-bond donors (Lipinski definition) is 2. The highest BCUT2D eigenvalue weighted by Crippen LogP contribution is 2.51. The second-order valence-corrected chi connectivity index (χ2v) is 15.0. The van der Waals surface area contributed by atoms with E-state index in [0.717, 1.165) is 19.5 Å². The van der Waals surface area contributed by atoms with Crippen molar-refractivity contribution in [3.8, 4) is 0 Å². The molecular weight excluding hydrogens is 585 g/mol. The van der Waals surface area contributed by atoms with Gasteiger partial charge in [-0.2, -0.15) is 9.15 Å². The lowest BCUT2D eigenvalue weighted by Gasteiger charge is -2.31. The maximum Gasteiger partial charge on any atom is 0.209 e. The minimum Gasteiger partial charge on any atom is -0.360 e. The monoisotopic (exact) mass is 638 g/mol. The van der Waals surface area contributed by atoms with Gasteiger partial charge < -0.3 is 10.6 Å². The van der Waals surface area contributed by atoms with Crippen molar-refractivity contribution in [3.05, 3.63) is 107 Å². The molecule has 48 heavy (non-hydrogen) atoms. The molecule has 4 heteroatoms. The van der Waals surface area contributed by atoms with Crippen molar-refractivity contribution < 1.29 is 9.15 Å². The maximum absolute atomic E-state index is 3.81. The zero-order valence-corrected chi connectivity index (χ0v) is 29.3. The van der Waals surface area contributed by atoms with Crippen LogP contribution in [-0.4, -0.2) is 33.7 Å². The second kappa shape index (κ2) is 13.2. The van der Waals surface area contributed by atoms with Gasteiger partial charge in [-0.05, 0) is 81.5 Å². The molecule has 0 saturated heterocycles. The van der Waals surface area contributed by atoms with Crippen LogP contribution in [0.1, 0.15) is 113 Å². The van der Waals surface area contributed by atoms with Crippen molar-refractivity contribution in [1.29, 1.82) is 0 Å². The van der Waals surface area contributed by atoms with Crippen LogP contribution in [0.3, 0.4) is 0 Å². The number of fused-ring (bicyclic) bond motifs is 5. The van der Waals surface area contributed by atoms with Gasteiger partial charge in [0.2, 0.25) is 11.4 Å². The van der Waals surface area contributed by atoms with Crippen LogP contribution < -0.4 is 10.6 Å². The Morgan fingerprint density at radius 2 is 1.08 bits per heavy atom. The molecular formula is C44H54N4+2. The molecule has 3 aliphatic carbocycles. The summed E-state index contributed by atoms with van der Waals surface area (Å²) >= 11 is 0. The van der Waals surface area contributed by atoms with Gasteiger partial charge in [0, 0.05) is 54.2 Å². The molecule has 8 rings (SSSR count). The van der Waals surface area contributed by atoms with Crippen molar-refractivity contribution >= 4 is 34.2 Å². The molecule has 2 heterocycles. The number of nitrogens with one attached hydrogen (secondary N) is 2. The fraction of sp³-hybridized carbons (Fsp3) is 0.455. The largest absolute Gasteiger partial charge is 0.360 e. The summed E-state index contributed by atoms with van der Waals surface area (Å²) in [4.78, 5) is 0. The third kappa shape index (κ3) is 5.18. The first-order chi connectivity index (χ1) is 23.7. The highest BCUT2D eigenvalue weighted by molar-refractivity contribution is 6.05. The lowest BCUT2D eigenvalue weighted by molar-refractivity contribution is -0.437. The molecule has 2 saturated carbocycles. The van der Waals surface area contributed by atoms with Gasteiger partial charge in [0.15, 0.2) is 11.4 Å². The summed E-state index contributed by atoms with van der Waals surface area (Å²) in [5.74, 6) is 0. The molecule has 2 N–H and O–H groups in total. The molecule has 2 aliphatic heterocycles. The Labute approximate surface area is 288 Å². The number of hydrogen-bond acceptors (Lipinski definition) is 2. The van der Waals surface area contributed by atoms with E-state index in [0.29, 0.717) is 0 Å². The predicted molar refractivity (Wildman–Crippen MR) is 202 cm³/mol. The molecule has 3 aromatic carbocycles. The molecule has 3 aromatic rings. The SMILES string of the molecule is CCC[N+]1=C(C=CNc2cc3c(cc2NC=CC2=[N+](CC)c4ccccc4C24CCCCC4)CCCC3)C2(CCCC2)c2ccccc21. The van der Waals surface area contributed by atoms with Crippen LogP contribution in [0.2, 0.25) is 0 Å². The number of allylic oxidation sites excluding steroid dienone is 2. The topological polar surface area (TPSA) is 30.1 Å². The first-order valence-corrected chi connectivity index (χ1v) is 19.2. The summed E-state index contributed by atoms with van der Waals surface area (Å²) in [5.41, 5.74) is 14.5. The van der Waals surface area contributed by atoms with E-state index >= 15 is 0 Å². The van der Waals surface area contributed by atoms with E-state index in [-0.39, 0.29) is 10.8 Å². The van der Waals surface area contributed by atoms with Crippen molar-refractivity contribution in [2.24, 2.45) is 0 Å². The van der Waals surface area contributed by atoms with Gasteiger partial charge in [-0.25, -0.2) is 0 Å². The summed E-state index contributed by atoms with van der Waals surface area (Å²) < 4.78 is 5.19. The Kier molecular flexibility index (Phi) is 8.61. The van der Waals surface area contributed by atoms with Crippen LogP contribution >= 0.6 is 0 Å². The molecule has 0 bridgehead atoms. The molecule has 2 fully saturated rings. The number of anilines is 2. The number of nitrogens with zero attached hydrogens (tertiary/aromatic N) is 2. The van der Waals surface area contributed by atoms with Crippen molar-refractivity contribution in [2.75, 3.05) is 23.7 Å². The predicted octanol–water partition coefficient (Wildman–Crippen LogP) is 10.5. The van der Waals surface area contributed by atoms with Crippen LogP contribution in [0.15, 0.2) is 85.2 Å². The Bertz CT molecular complexity index is 1810. The summed E-state index contributed by atoms with van der Waals surface area (Å²) in [6, 6.07) is 23.2. The summed E-state index contributed by atoms with van der Waals surface area (Å²) in [6.45, 7) is 6.66. The van der Waals surface area contributed by atoms with E-state index in [1.165, 1.54) is 134 Å². The average molecular weight is 639 g/mol. The van der Waals surface area contributed by atoms with Gasteiger partial charge in [0.1, 0.15) is 13.1 Å². The third-order valence-electron chi connectivity index (χ3n) is 12.4. The average Bonchev–Trinajstić information content (AvgIpc) is 3.79. The van der Waals surface area contributed by atoms with Crippen LogP contribution in [0.4, 0.5) is 22.7 Å². The van der Waals surface area contributed by atoms with E-state index < -0.39 is 0 Å². The van der Waals surface area contributed by atoms with Gasteiger partial charge in [-0.15, -0.1) is 0 Å². The lowest BCUT2D eigenvalue weighted by Crippen LogP contribution is -2.36. The smallest absolute Gasteiger partial charge is 0.209 e. The van der Waals surface area contributed by atoms with Gasteiger partial charge in [-0.3, -0.25) is 0 Å². The second-order valence-electron chi connectivity index (χ2n) is 15.0. The zero-order valence-electron chi connectivity index (χ0n) is 29.3. The molecule has 0 radical (unpaired) electrons. The Morgan fingerprint density at radius 1 is 0.604 bits per heavy atom. The third-order valence-corrected chi connectivity index (χ3v) is 12.4. The highest BCUT2D eigenvalue weighted by Gasteiger charge is 2.52. The van der Waals surface area contributed by atoms with E-state index in [9.17, 15) is 0 Å². The molecule has 5 aliphatic rings. The summed E-state index contributed by atoms with van der Waals surface area (Å²) in [7, 11) is 0. The normalized spacial score (nSPS) is 20.7. The molecule has 0 unspecified atom stereocenters. The van der Waals surface area contributed by atoms with Crippen molar-refractivity contribution in [3.63, 3.8) is 0 Å². The number of aryl methyl sites for hydroxylation is 2. The lowest BCUT2D eigenvalue weighted by atomic mass is 9.67. The highest BCUT2D eigenvalue weighted by atomic mass is 15.1. The molecule has 0 aromatic heterocycles. The summed E-state index contributed by atoms with van der Waals surface area (Å²) in [6.07, 6.45) is 26.9. The van der Waals surface area contributed by atoms with Gasteiger partial charge >= 0.3 is 0 Å². The fourth-order valence-electron chi connectivity index (χ4n) is 10.2. The quantitative estimate of drug-likeness (QED) is 0.229. The minimum absolute atomic E-state index is 0.138. The Morgan fingerprint density at radius 3 is 1.60 bits per heavy atom. The number of benzene rings is 3. The molecule has 0 atom stereocenters. The van der Waals surface area contributed by atoms with Crippen LogP contribution in [0, 0.1) is 0 Å². The van der Waals surface area contributed by atoms with Crippen LogP contribution in [-0.2, 0) is 23.7 Å². The van der Waals surface area contributed by atoms with Crippen LogP contribution in [0.5, 0.6) is 0 Å². The first kappa shape index (κ1) is 31.4.